The lowest BCUT2D eigenvalue weighted by molar-refractivity contribution is -0.141. The number of carbonyl (C=O) groups excluding carboxylic acids is 1. The first kappa shape index (κ1) is 12.4. The fraction of sp³-hybridized carbons (Fsp3) is 0.545. The number of carboxylic acids is 1. The first-order valence-corrected chi connectivity index (χ1v) is 5.73. The molecule has 98 valence electrons. The quantitative estimate of drug-likeness (QED) is 0.822. The average Bonchev–Trinajstić information content (AvgIpc) is 2.94. The van der Waals surface area contributed by atoms with Gasteiger partial charge in [0.15, 0.2) is 0 Å². The zero-order valence-corrected chi connectivity index (χ0v) is 10.0. The molecule has 1 saturated heterocycles. The maximum Gasteiger partial charge on any atom is 0.317 e. The van der Waals surface area contributed by atoms with E-state index in [-0.39, 0.29) is 19.1 Å². The van der Waals surface area contributed by atoms with Crippen molar-refractivity contribution in [2.24, 2.45) is 5.92 Å². The Morgan fingerprint density at radius 1 is 1.67 bits per heavy atom. The SMILES string of the molecule is Cc1cnc(CNC(=O)N2CCC(C(=O)O)C2)o1. The Balaban J connectivity index is 1.80. The van der Waals surface area contributed by atoms with E-state index < -0.39 is 11.9 Å². The highest BCUT2D eigenvalue weighted by Crippen LogP contribution is 2.16. The normalized spacial score (nSPS) is 18.9. The van der Waals surface area contributed by atoms with E-state index in [1.165, 1.54) is 4.90 Å². The molecule has 1 aromatic heterocycles. The van der Waals surface area contributed by atoms with Gasteiger partial charge < -0.3 is 19.7 Å². The molecular weight excluding hydrogens is 238 g/mol. The van der Waals surface area contributed by atoms with Gasteiger partial charge in [0, 0.05) is 13.1 Å². The Hall–Kier alpha value is -2.05. The second kappa shape index (κ2) is 5.07. The summed E-state index contributed by atoms with van der Waals surface area (Å²) in [6.07, 6.45) is 2.08. The lowest BCUT2D eigenvalue weighted by Crippen LogP contribution is -2.38. The van der Waals surface area contributed by atoms with E-state index in [2.05, 4.69) is 10.3 Å². The van der Waals surface area contributed by atoms with E-state index in [1.54, 1.807) is 13.1 Å². The smallest absolute Gasteiger partial charge is 0.317 e. The Morgan fingerprint density at radius 3 is 3.00 bits per heavy atom. The molecular formula is C11H15N3O4. The van der Waals surface area contributed by atoms with Gasteiger partial charge in [0.1, 0.15) is 5.76 Å². The molecule has 1 atom stereocenters. The van der Waals surface area contributed by atoms with Gasteiger partial charge in [0.25, 0.3) is 0 Å². The van der Waals surface area contributed by atoms with E-state index in [0.29, 0.717) is 24.6 Å². The molecule has 0 saturated carbocycles. The largest absolute Gasteiger partial charge is 0.481 e. The van der Waals surface area contributed by atoms with Gasteiger partial charge in [-0.3, -0.25) is 4.79 Å². The predicted molar refractivity (Wildman–Crippen MR) is 60.8 cm³/mol. The monoisotopic (exact) mass is 253 g/mol. The highest BCUT2D eigenvalue weighted by molar-refractivity contribution is 5.77. The summed E-state index contributed by atoms with van der Waals surface area (Å²) in [7, 11) is 0. The molecule has 0 aromatic carbocycles. The summed E-state index contributed by atoms with van der Waals surface area (Å²) in [4.78, 5) is 28.0. The fourth-order valence-electron chi connectivity index (χ4n) is 1.89. The molecule has 1 unspecified atom stereocenters. The number of hydrogen-bond acceptors (Lipinski definition) is 4. The van der Waals surface area contributed by atoms with Crippen molar-refractivity contribution < 1.29 is 19.1 Å². The van der Waals surface area contributed by atoms with Crippen LogP contribution in [0.3, 0.4) is 0 Å². The van der Waals surface area contributed by atoms with Crippen molar-refractivity contribution in [1.82, 2.24) is 15.2 Å². The minimum Gasteiger partial charge on any atom is -0.481 e. The van der Waals surface area contributed by atoms with Crippen LogP contribution in [0.15, 0.2) is 10.6 Å². The van der Waals surface area contributed by atoms with E-state index in [9.17, 15) is 9.59 Å². The summed E-state index contributed by atoms with van der Waals surface area (Å²) in [6.45, 7) is 2.70. The second-order valence-corrected chi connectivity index (χ2v) is 4.29. The minimum atomic E-state index is -0.853. The highest BCUT2D eigenvalue weighted by Gasteiger charge is 2.30. The van der Waals surface area contributed by atoms with Crippen LogP contribution < -0.4 is 5.32 Å². The molecule has 0 radical (unpaired) electrons. The fourth-order valence-corrected chi connectivity index (χ4v) is 1.89. The predicted octanol–water partition coefficient (Wildman–Crippen LogP) is 0.599. The molecule has 1 aromatic rings. The third-order valence-electron chi connectivity index (χ3n) is 2.88. The first-order valence-electron chi connectivity index (χ1n) is 5.73. The molecule has 1 fully saturated rings. The molecule has 2 heterocycles. The van der Waals surface area contributed by atoms with Gasteiger partial charge in [0.2, 0.25) is 5.89 Å². The van der Waals surface area contributed by atoms with E-state index in [0.717, 1.165) is 0 Å². The van der Waals surface area contributed by atoms with Crippen molar-refractivity contribution in [2.75, 3.05) is 13.1 Å². The number of carbonyl (C=O) groups is 2. The van der Waals surface area contributed by atoms with E-state index in [4.69, 9.17) is 9.52 Å². The molecule has 2 N–H and O–H groups in total. The minimum absolute atomic E-state index is 0.209. The molecule has 0 bridgehead atoms. The lowest BCUT2D eigenvalue weighted by Gasteiger charge is -2.15. The standard InChI is InChI=1S/C11H15N3O4/c1-7-4-12-9(18-7)5-13-11(17)14-3-2-8(6-14)10(15)16/h4,8H,2-3,5-6H2,1H3,(H,13,17)(H,15,16). The molecule has 7 nitrogen and oxygen atoms in total. The van der Waals surface area contributed by atoms with Crippen LogP contribution >= 0.6 is 0 Å². The van der Waals surface area contributed by atoms with Crippen molar-refractivity contribution >= 4 is 12.0 Å². The van der Waals surface area contributed by atoms with Crippen LogP contribution in [-0.4, -0.2) is 40.1 Å². The number of urea groups is 1. The van der Waals surface area contributed by atoms with Crippen molar-refractivity contribution in [2.45, 2.75) is 19.9 Å². The Morgan fingerprint density at radius 2 is 2.44 bits per heavy atom. The van der Waals surface area contributed by atoms with Crippen molar-refractivity contribution in [3.8, 4) is 0 Å². The zero-order valence-electron chi connectivity index (χ0n) is 10.0. The lowest BCUT2D eigenvalue weighted by atomic mass is 10.1. The summed E-state index contributed by atoms with van der Waals surface area (Å²) in [5.74, 6) is -0.186. The maximum absolute atomic E-state index is 11.7. The number of aryl methyl sites for hydroxylation is 1. The van der Waals surface area contributed by atoms with E-state index in [1.807, 2.05) is 0 Å². The van der Waals surface area contributed by atoms with Crippen LogP contribution in [0.4, 0.5) is 4.79 Å². The van der Waals surface area contributed by atoms with Crippen molar-refractivity contribution in [1.29, 1.82) is 0 Å². The molecule has 1 aliphatic heterocycles. The molecule has 18 heavy (non-hydrogen) atoms. The van der Waals surface area contributed by atoms with Gasteiger partial charge in [-0.15, -0.1) is 0 Å². The number of aromatic nitrogens is 1. The summed E-state index contributed by atoms with van der Waals surface area (Å²) >= 11 is 0. The first-order chi connectivity index (χ1) is 8.56. The van der Waals surface area contributed by atoms with Crippen LogP contribution in [0.5, 0.6) is 0 Å². The molecule has 1 aliphatic rings. The summed E-state index contributed by atoms with van der Waals surface area (Å²) in [6, 6.07) is -0.283. The van der Waals surface area contributed by atoms with Crippen LogP contribution in [-0.2, 0) is 11.3 Å². The topological polar surface area (TPSA) is 95.7 Å². The molecule has 0 spiro atoms. The van der Waals surface area contributed by atoms with Crippen LogP contribution in [0, 0.1) is 12.8 Å². The van der Waals surface area contributed by atoms with Crippen molar-refractivity contribution in [3.05, 3.63) is 17.8 Å². The number of amides is 2. The zero-order chi connectivity index (χ0) is 13.1. The summed E-state index contributed by atoms with van der Waals surface area (Å²) < 4.78 is 5.22. The number of nitrogens with zero attached hydrogens (tertiary/aromatic N) is 2. The third-order valence-corrected chi connectivity index (χ3v) is 2.88. The summed E-state index contributed by atoms with van der Waals surface area (Å²) in [5.41, 5.74) is 0. The van der Waals surface area contributed by atoms with E-state index >= 15 is 0 Å². The number of nitrogens with one attached hydrogen (secondary N) is 1. The second-order valence-electron chi connectivity index (χ2n) is 4.29. The Kier molecular flexibility index (Phi) is 3.50. The molecule has 0 aliphatic carbocycles. The third kappa shape index (κ3) is 2.79. The van der Waals surface area contributed by atoms with Gasteiger partial charge in [-0.2, -0.15) is 0 Å². The molecule has 2 amide bonds. The van der Waals surface area contributed by atoms with Gasteiger partial charge in [-0.1, -0.05) is 0 Å². The van der Waals surface area contributed by atoms with Crippen LogP contribution in [0.1, 0.15) is 18.1 Å². The van der Waals surface area contributed by atoms with Gasteiger partial charge in [-0.05, 0) is 13.3 Å². The number of rotatable bonds is 3. The molecule has 7 heteroatoms. The number of hydrogen-bond donors (Lipinski definition) is 2. The van der Waals surface area contributed by atoms with Gasteiger partial charge in [-0.25, -0.2) is 9.78 Å². The van der Waals surface area contributed by atoms with Crippen LogP contribution in [0.2, 0.25) is 0 Å². The van der Waals surface area contributed by atoms with Crippen molar-refractivity contribution in [3.63, 3.8) is 0 Å². The maximum atomic E-state index is 11.7. The van der Waals surface area contributed by atoms with Gasteiger partial charge in [0.05, 0.1) is 18.7 Å². The summed E-state index contributed by atoms with van der Waals surface area (Å²) in [5, 5.41) is 11.5. The Labute approximate surface area is 104 Å². The number of oxazole rings is 1. The van der Waals surface area contributed by atoms with Crippen LogP contribution in [0.25, 0.3) is 0 Å². The number of aliphatic carboxylic acids is 1. The molecule has 2 rings (SSSR count). The average molecular weight is 253 g/mol. The number of carboxylic acid groups (broad SMARTS) is 1. The Bertz CT molecular complexity index is 457. The number of likely N-dealkylation sites (tertiary alicyclic amines) is 1. The van der Waals surface area contributed by atoms with Gasteiger partial charge >= 0.3 is 12.0 Å². The highest BCUT2D eigenvalue weighted by atomic mass is 16.4.